The average Bonchev–Trinajstić information content (AvgIpc) is 3.11. The van der Waals surface area contributed by atoms with Gasteiger partial charge in [0.1, 0.15) is 0 Å². The first-order chi connectivity index (χ1) is 9.38. The van der Waals surface area contributed by atoms with Crippen molar-refractivity contribution < 1.29 is 8.94 Å². The van der Waals surface area contributed by atoms with E-state index in [1.807, 2.05) is 30.3 Å². The molecule has 0 aliphatic carbocycles. The molecular formula is C14H13N3O2. The minimum atomic E-state index is -0.0996. The van der Waals surface area contributed by atoms with Crippen LogP contribution in [0.4, 0.5) is 0 Å². The number of nitrogens with zero attached hydrogens (tertiary/aromatic N) is 2. The van der Waals surface area contributed by atoms with Crippen LogP contribution in [0.25, 0.3) is 11.6 Å². The highest BCUT2D eigenvalue weighted by Crippen LogP contribution is 2.24. The van der Waals surface area contributed by atoms with Crippen molar-refractivity contribution in [2.75, 3.05) is 6.54 Å². The second-order valence-corrected chi connectivity index (χ2v) is 4.13. The molecule has 0 aliphatic rings. The van der Waals surface area contributed by atoms with E-state index in [0.717, 1.165) is 5.56 Å². The van der Waals surface area contributed by atoms with Crippen LogP contribution in [0.1, 0.15) is 17.4 Å². The summed E-state index contributed by atoms with van der Waals surface area (Å²) in [6.07, 6.45) is 1.57. The molecule has 2 aromatic heterocycles. The molecule has 1 aromatic carbocycles. The van der Waals surface area contributed by atoms with Crippen molar-refractivity contribution >= 4 is 0 Å². The molecule has 1 atom stereocenters. The van der Waals surface area contributed by atoms with Crippen LogP contribution in [-0.4, -0.2) is 16.7 Å². The van der Waals surface area contributed by atoms with Crippen LogP contribution < -0.4 is 5.73 Å². The van der Waals surface area contributed by atoms with Gasteiger partial charge in [0.25, 0.3) is 0 Å². The van der Waals surface area contributed by atoms with Gasteiger partial charge in [0.05, 0.1) is 12.2 Å². The van der Waals surface area contributed by atoms with Crippen LogP contribution in [0.3, 0.4) is 0 Å². The predicted molar refractivity (Wildman–Crippen MR) is 69.3 cm³/mol. The third-order valence-corrected chi connectivity index (χ3v) is 2.92. The summed E-state index contributed by atoms with van der Waals surface area (Å²) in [7, 11) is 0. The molecule has 2 N–H and O–H groups in total. The largest absolute Gasteiger partial charge is 0.461 e. The van der Waals surface area contributed by atoms with E-state index in [0.29, 0.717) is 24.0 Å². The maximum atomic E-state index is 5.81. The van der Waals surface area contributed by atoms with Gasteiger partial charge in [-0.05, 0) is 17.7 Å². The Bertz CT molecular complexity index is 632. The first kappa shape index (κ1) is 11.7. The molecule has 3 rings (SSSR count). The van der Waals surface area contributed by atoms with E-state index in [1.165, 1.54) is 0 Å². The van der Waals surface area contributed by atoms with Crippen molar-refractivity contribution in [2.24, 2.45) is 5.73 Å². The summed E-state index contributed by atoms with van der Waals surface area (Å²) in [5, 5.41) is 3.92. The van der Waals surface area contributed by atoms with Gasteiger partial charge in [-0.2, -0.15) is 4.98 Å². The standard InChI is InChI=1S/C14H13N3O2/c15-9-11(10-5-2-1-3-6-10)14-16-13(17-19-14)12-7-4-8-18-12/h1-8,11H,9,15H2. The van der Waals surface area contributed by atoms with Gasteiger partial charge in [-0.25, -0.2) is 0 Å². The highest BCUT2D eigenvalue weighted by Gasteiger charge is 2.20. The van der Waals surface area contributed by atoms with E-state index in [2.05, 4.69) is 10.1 Å². The van der Waals surface area contributed by atoms with Crippen LogP contribution in [0.15, 0.2) is 57.7 Å². The lowest BCUT2D eigenvalue weighted by molar-refractivity contribution is 0.366. The summed E-state index contributed by atoms with van der Waals surface area (Å²) in [4.78, 5) is 4.35. The normalized spacial score (nSPS) is 12.5. The lowest BCUT2D eigenvalue weighted by atomic mass is 9.99. The summed E-state index contributed by atoms with van der Waals surface area (Å²) in [6, 6.07) is 13.4. The molecule has 19 heavy (non-hydrogen) atoms. The maximum Gasteiger partial charge on any atom is 0.238 e. The van der Waals surface area contributed by atoms with Gasteiger partial charge < -0.3 is 14.7 Å². The Morgan fingerprint density at radius 1 is 1.11 bits per heavy atom. The van der Waals surface area contributed by atoms with E-state index in [4.69, 9.17) is 14.7 Å². The fourth-order valence-corrected chi connectivity index (χ4v) is 1.95. The summed E-state index contributed by atoms with van der Waals surface area (Å²) in [5.74, 6) is 1.42. The predicted octanol–water partition coefficient (Wildman–Crippen LogP) is 2.42. The van der Waals surface area contributed by atoms with Crippen molar-refractivity contribution in [2.45, 2.75) is 5.92 Å². The molecule has 3 aromatic rings. The Morgan fingerprint density at radius 3 is 2.63 bits per heavy atom. The molecule has 96 valence electrons. The maximum absolute atomic E-state index is 5.81. The Labute approximate surface area is 110 Å². The fraction of sp³-hybridized carbons (Fsp3) is 0.143. The second-order valence-electron chi connectivity index (χ2n) is 4.13. The molecule has 0 fully saturated rings. The van der Waals surface area contributed by atoms with E-state index in [1.54, 1.807) is 18.4 Å². The summed E-state index contributed by atoms with van der Waals surface area (Å²) in [5.41, 5.74) is 6.87. The number of aromatic nitrogens is 2. The quantitative estimate of drug-likeness (QED) is 0.774. The highest BCUT2D eigenvalue weighted by atomic mass is 16.5. The van der Waals surface area contributed by atoms with E-state index < -0.39 is 0 Å². The van der Waals surface area contributed by atoms with Crippen LogP contribution >= 0.6 is 0 Å². The van der Waals surface area contributed by atoms with Gasteiger partial charge in [0.2, 0.25) is 11.7 Å². The van der Waals surface area contributed by atoms with Gasteiger partial charge in [0.15, 0.2) is 5.76 Å². The van der Waals surface area contributed by atoms with Crippen molar-refractivity contribution in [3.8, 4) is 11.6 Å². The molecule has 0 bridgehead atoms. The first-order valence-electron chi connectivity index (χ1n) is 6.01. The van der Waals surface area contributed by atoms with E-state index in [-0.39, 0.29) is 5.92 Å². The second kappa shape index (κ2) is 5.07. The number of hydrogen-bond donors (Lipinski definition) is 1. The number of nitrogens with two attached hydrogens (primary N) is 1. The van der Waals surface area contributed by atoms with Crippen molar-refractivity contribution in [3.05, 3.63) is 60.2 Å². The Kier molecular flexibility index (Phi) is 3.12. The van der Waals surface area contributed by atoms with Crippen molar-refractivity contribution in [1.82, 2.24) is 10.1 Å². The van der Waals surface area contributed by atoms with Crippen LogP contribution in [0.5, 0.6) is 0 Å². The van der Waals surface area contributed by atoms with Crippen LogP contribution in [-0.2, 0) is 0 Å². The monoisotopic (exact) mass is 255 g/mol. The smallest absolute Gasteiger partial charge is 0.238 e. The van der Waals surface area contributed by atoms with E-state index >= 15 is 0 Å². The van der Waals surface area contributed by atoms with Gasteiger partial charge >= 0.3 is 0 Å². The van der Waals surface area contributed by atoms with Gasteiger partial charge in [-0.1, -0.05) is 35.5 Å². The van der Waals surface area contributed by atoms with Crippen molar-refractivity contribution in [3.63, 3.8) is 0 Å². The topological polar surface area (TPSA) is 78.1 Å². The highest BCUT2D eigenvalue weighted by molar-refractivity contribution is 5.45. The Morgan fingerprint density at radius 2 is 1.95 bits per heavy atom. The van der Waals surface area contributed by atoms with Gasteiger partial charge in [0, 0.05) is 6.54 Å². The van der Waals surface area contributed by atoms with E-state index in [9.17, 15) is 0 Å². The van der Waals surface area contributed by atoms with Crippen LogP contribution in [0, 0.1) is 0 Å². The number of benzene rings is 1. The van der Waals surface area contributed by atoms with Crippen LogP contribution in [0.2, 0.25) is 0 Å². The summed E-state index contributed by atoms with van der Waals surface area (Å²) >= 11 is 0. The first-order valence-corrected chi connectivity index (χ1v) is 6.01. The molecule has 0 spiro atoms. The summed E-state index contributed by atoms with van der Waals surface area (Å²) in [6.45, 7) is 0.407. The zero-order valence-electron chi connectivity index (χ0n) is 10.2. The Hall–Kier alpha value is -2.40. The molecule has 0 saturated heterocycles. The SMILES string of the molecule is NCC(c1ccccc1)c1nc(-c2ccco2)no1. The minimum absolute atomic E-state index is 0.0996. The lowest BCUT2D eigenvalue weighted by Gasteiger charge is -2.09. The minimum Gasteiger partial charge on any atom is -0.461 e. The number of hydrogen-bond acceptors (Lipinski definition) is 5. The lowest BCUT2D eigenvalue weighted by Crippen LogP contribution is -2.14. The molecule has 0 aliphatic heterocycles. The molecule has 5 heteroatoms. The number of rotatable bonds is 4. The zero-order chi connectivity index (χ0) is 13.1. The molecule has 0 radical (unpaired) electrons. The molecule has 2 heterocycles. The molecule has 5 nitrogen and oxygen atoms in total. The zero-order valence-corrected chi connectivity index (χ0v) is 10.2. The average molecular weight is 255 g/mol. The number of furan rings is 1. The van der Waals surface area contributed by atoms with Gasteiger partial charge in [-0.3, -0.25) is 0 Å². The Balaban J connectivity index is 1.93. The summed E-state index contributed by atoms with van der Waals surface area (Å²) < 4.78 is 10.5. The van der Waals surface area contributed by atoms with Crippen molar-refractivity contribution in [1.29, 1.82) is 0 Å². The molecule has 1 unspecified atom stereocenters. The third kappa shape index (κ3) is 2.28. The fourth-order valence-electron chi connectivity index (χ4n) is 1.95. The molecular weight excluding hydrogens is 242 g/mol. The molecule has 0 saturated carbocycles. The third-order valence-electron chi connectivity index (χ3n) is 2.92. The van der Waals surface area contributed by atoms with Gasteiger partial charge in [-0.15, -0.1) is 0 Å². The molecule has 0 amide bonds.